The summed E-state index contributed by atoms with van der Waals surface area (Å²) in [5.41, 5.74) is -0.488. The lowest BCUT2D eigenvalue weighted by molar-refractivity contribution is -0.113. The summed E-state index contributed by atoms with van der Waals surface area (Å²) in [5.74, 6) is -4.96. The summed E-state index contributed by atoms with van der Waals surface area (Å²) >= 11 is 0. The van der Waals surface area contributed by atoms with Crippen molar-refractivity contribution < 1.29 is 27.2 Å². The summed E-state index contributed by atoms with van der Waals surface area (Å²) in [6.45, 7) is 3.33. The van der Waals surface area contributed by atoms with Gasteiger partial charge in [0.1, 0.15) is 11.6 Å². The lowest BCUT2D eigenvalue weighted by Gasteiger charge is -2.35. The van der Waals surface area contributed by atoms with Crippen LogP contribution in [-0.2, 0) is 4.79 Å². The number of anilines is 1. The molecule has 0 fully saturated rings. The predicted octanol–water partition coefficient (Wildman–Crippen LogP) is 4.24. The maximum Gasteiger partial charge on any atom is 0.322 e. The smallest absolute Gasteiger partial charge is 0.322 e. The van der Waals surface area contributed by atoms with Crippen molar-refractivity contribution in [2.24, 2.45) is 0 Å². The largest absolute Gasteiger partial charge is 0.326 e. The second kappa shape index (κ2) is 7.94. The standard InChI is InChI=1S/C20H17F4N3O2/c1-3-27-10(2)16(19(28)25-11-7-8-12(21)15(24)9-11)18(26-20(27)29)17-13(22)5-4-6-14(17)23/h4-9,18H,3H2,1-2H3,(H,25,28)(H,26,29)/t18-/m0/s1. The van der Waals surface area contributed by atoms with Gasteiger partial charge in [-0.25, -0.2) is 22.4 Å². The zero-order valence-electron chi connectivity index (χ0n) is 15.5. The normalized spacial score (nSPS) is 16.7. The Kier molecular flexibility index (Phi) is 5.58. The van der Waals surface area contributed by atoms with Gasteiger partial charge < -0.3 is 10.6 Å². The maximum absolute atomic E-state index is 14.4. The SMILES string of the molecule is CCN1C(=O)N[C@H](c2c(F)cccc2F)C(C(=O)Nc2ccc(F)c(F)c2)=C1C. The molecule has 3 rings (SSSR count). The number of carbonyl (C=O) groups is 2. The first-order valence-corrected chi connectivity index (χ1v) is 8.73. The number of hydrogen-bond donors (Lipinski definition) is 2. The molecule has 1 atom stereocenters. The van der Waals surface area contributed by atoms with E-state index in [4.69, 9.17) is 0 Å². The van der Waals surface area contributed by atoms with E-state index in [1.807, 2.05) is 0 Å². The first-order valence-electron chi connectivity index (χ1n) is 8.73. The highest BCUT2D eigenvalue weighted by Crippen LogP contribution is 2.34. The van der Waals surface area contributed by atoms with Crippen molar-refractivity contribution in [2.45, 2.75) is 19.9 Å². The van der Waals surface area contributed by atoms with Crippen LogP contribution >= 0.6 is 0 Å². The molecule has 0 aromatic heterocycles. The fraction of sp³-hybridized carbons (Fsp3) is 0.200. The molecule has 5 nitrogen and oxygen atoms in total. The fourth-order valence-corrected chi connectivity index (χ4v) is 3.23. The summed E-state index contributed by atoms with van der Waals surface area (Å²) < 4.78 is 55.3. The molecule has 152 valence electrons. The molecule has 0 bridgehead atoms. The third-order valence-electron chi connectivity index (χ3n) is 4.62. The summed E-state index contributed by atoms with van der Waals surface area (Å²) in [7, 11) is 0. The van der Waals surface area contributed by atoms with Gasteiger partial charge in [0.25, 0.3) is 5.91 Å². The molecule has 0 unspecified atom stereocenters. The zero-order chi connectivity index (χ0) is 21.3. The lowest BCUT2D eigenvalue weighted by Crippen LogP contribution is -2.48. The van der Waals surface area contributed by atoms with Crippen molar-refractivity contribution >= 4 is 17.6 Å². The number of nitrogens with zero attached hydrogens (tertiary/aromatic N) is 1. The maximum atomic E-state index is 14.4. The Morgan fingerprint density at radius 2 is 1.72 bits per heavy atom. The fourth-order valence-electron chi connectivity index (χ4n) is 3.23. The summed E-state index contributed by atoms with van der Waals surface area (Å²) in [4.78, 5) is 26.5. The minimum Gasteiger partial charge on any atom is -0.326 e. The van der Waals surface area contributed by atoms with E-state index in [1.54, 1.807) is 6.92 Å². The molecular formula is C20H17F4N3O2. The Morgan fingerprint density at radius 3 is 2.31 bits per heavy atom. The van der Waals surface area contributed by atoms with E-state index in [1.165, 1.54) is 11.8 Å². The van der Waals surface area contributed by atoms with Gasteiger partial charge in [0, 0.05) is 24.0 Å². The van der Waals surface area contributed by atoms with E-state index in [0.717, 1.165) is 36.4 Å². The lowest BCUT2D eigenvalue weighted by atomic mass is 9.93. The van der Waals surface area contributed by atoms with Crippen LogP contribution in [0, 0.1) is 23.3 Å². The zero-order valence-corrected chi connectivity index (χ0v) is 15.5. The van der Waals surface area contributed by atoms with Crippen LogP contribution in [0.5, 0.6) is 0 Å². The van der Waals surface area contributed by atoms with Gasteiger partial charge in [-0.3, -0.25) is 9.69 Å². The Morgan fingerprint density at radius 1 is 1.07 bits per heavy atom. The van der Waals surface area contributed by atoms with Crippen LogP contribution in [0.3, 0.4) is 0 Å². The molecule has 0 aliphatic carbocycles. The van der Waals surface area contributed by atoms with Crippen molar-refractivity contribution in [2.75, 3.05) is 11.9 Å². The number of urea groups is 1. The molecule has 2 aromatic rings. The minimum atomic E-state index is -1.41. The summed E-state index contributed by atoms with van der Waals surface area (Å²) in [6.07, 6.45) is 0. The highest BCUT2D eigenvalue weighted by atomic mass is 19.2. The molecule has 0 saturated heterocycles. The van der Waals surface area contributed by atoms with Crippen LogP contribution in [0.2, 0.25) is 0 Å². The van der Waals surface area contributed by atoms with Gasteiger partial charge in [-0.15, -0.1) is 0 Å². The van der Waals surface area contributed by atoms with Crippen LogP contribution < -0.4 is 10.6 Å². The monoisotopic (exact) mass is 407 g/mol. The average molecular weight is 407 g/mol. The molecule has 29 heavy (non-hydrogen) atoms. The van der Waals surface area contributed by atoms with Crippen molar-refractivity contribution in [1.29, 1.82) is 0 Å². The van der Waals surface area contributed by atoms with Gasteiger partial charge >= 0.3 is 6.03 Å². The van der Waals surface area contributed by atoms with Crippen LogP contribution in [0.4, 0.5) is 28.0 Å². The van der Waals surface area contributed by atoms with E-state index in [9.17, 15) is 27.2 Å². The molecule has 2 N–H and O–H groups in total. The third-order valence-corrected chi connectivity index (χ3v) is 4.62. The Bertz CT molecular complexity index is 1000. The molecule has 9 heteroatoms. The second-order valence-corrected chi connectivity index (χ2v) is 6.34. The van der Waals surface area contributed by atoms with Gasteiger partial charge in [0.2, 0.25) is 0 Å². The number of carbonyl (C=O) groups excluding carboxylic acids is 2. The van der Waals surface area contributed by atoms with E-state index >= 15 is 0 Å². The number of halogens is 4. The first-order chi connectivity index (χ1) is 13.7. The molecule has 0 radical (unpaired) electrons. The van der Waals surface area contributed by atoms with Crippen LogP contribution in [0.1, 0.15) is 25.5 Å². The van der Waals surface area contributed by atoms with Crippen LogP contribution in [0.15, 0.2) is 47.7 Å². The average Bonchev–Trinajstić information content (AvgIpc) is 2.64. The number of allylic oxidation sites excluding steroid dienone is 1. The Hall–Kier alpha value is -3.36. The van der Waals surface area contributed by atoms with Gasteiger partial charge in [0.05, 0.1) is 17.2 Å². The summed E-state index contributed by atoms with van der Waals surface area (Å²) in [6, 6.07) is 3.91. The Labute approximate surface area is 164 Å². The third kappa shape index (κ3) is 3.80. The topological polar surface area (TPSA) is 61.4 Å². The van der Waals surface area contributed by atoms with E-state index in [0.29, 0.717) is 0 Å². The number of rotatable bonds is 4. The number of amides is 3. The van der Waals surface area contributed by atoms with Crippen molar-refractivity contribution in [1.82, 2.24) is 10.2 Å². The first kappa shape index (κ1) is 20.4. The van der Waals surface area contributed by atoms with Crippen LogP contribution in [0.25, 0.3) is 0 Å². The van der Waals surface area contributed by atoms with Gasteiger partial charge in [0.15, 0.2) is 11.6 Å². The van der Waals surface area contributed by atoms with Crippen molar-refractivity contribution in [3.8, 4) is 0 Å². The molecular weight excluding hydrogens is 390 g/mol. The van der Waals surface area contributed by atoms with Crippen LogP contribution in [-0.4, -0.2) is 23.4 Å². The summed E-state index contributed by atoms with van der Waals surface area (Å²) in [5, 5.41) is 4.82. The van der Waals surface area contributed by atoms with Crippen molar-refractivity contribution in [3.63, 3.8) is 0 Å². The molecule has 1 aliphatic heterocycles. The number of hydrogen-bond acceptors (Lipinski definition) is 2. The molecule has 0 saturated carbocycles. The number of nitrogens with one attached hydrogen (secondary N) is 2. The quantitative estimate of drug-likeness (QED) is 0.745. The second-order valence-electron chi connectivity index (χ2n) is 6.34. The molecule has 2 aromatic carbocycles. The van der Waals surface area contributed by atoms with E-state index in [2.05, 4.69) is 10.6 Å². The van der Waals surface area contributed by atoms with Gasteiger partial charge in [-0.1, -0.05) is 6.07 Å². The highest BCUT2D eigenvalue weighted by Gasteiger charge is 2.37. The molecule has 3 amide bonds. The highest BCUT2D eigenvalue weighted by molar-refractivity contribution is 6.06. The van der Waals surface area contributed by atoms with E-state index in [-0.39, 0.29) is 23.5 Å². The predicted molar refractivity (Wildman–Crippen MR) is 97.7 cm³/mol. The van der Waals surface area contributed by atoms with Gasteiger partial charge in [-0.05, 0) is 38.1 Å². The van der Waals surface area contributed by atoms with Gasteiger partial charge in [-0.2, -0.15) is 0 Å². The molecule has 1 heterocycles. The molecule has 0 spiro atoms. The van der Waals surface area contributed by atoms with E-state index < -0.39 is 46.8 Å². The Balaban J connectivity index is 2.08. The minimum absolute atomic E-state index is 0.0538. The number of benzene rings is 2. The molecule has 1 aliphatic rings. The van der Waals surface area contributed by atoms with Crippen molar-refractivity contribution in [3.05, 3.63) is 76.5 Å².